The second-order valence-corrected chi connectivity index (χ2v) is 13.1. The van der Waals surface area contributed by atoms with Crippen molar-refractivity contribution in [2.24, 2.45) is 0 Å². The van der Waals surface area contributed by atoms with E-state index in [1.165, 1.54) is 32.6 Å². The molecule has 0 unspecified atom stereocenters. The van der Waals surface area contributed by atoms with Crippen LogP contribution in [0.2, 0.25) is 0 Å². The molecule has 10 rings (SSSR count). The first-order valence-electron chi connectivity index (χ1n) is 17.5. The SMILES string of the molecule is C=Cc1ccc2c3ccccc3n(-c3cccc(-c4cc(-c5cccc(-n6c7ccccc7c7ccccc76)c5)nc(-c5ccccc5)n4)c3)c2c1. The predicted molar refractivity (Wildman–Crippen MR) is 217 cm³/mol. The van der Waals surface area contributed by atoms with E-state index in [-0.39, 0.29) is 0 Å². The van der Waals surface area contributed by atoms with Crippen molar-refractivity contribution in [3.05, 3.63) is 188 Å². The molecule has 0 aliphatic carbocycles. The Labute approximate surface area is 301 Å². The summed E-state index contributed by atoms with van der Waals surface area (Å²) in [5.74, 6) is 0.688. The van der Waals surface area contributed by atoms with Gasteiger partial charge in [0.15, 0.2) is 5.82 Å². The molecule has 7 aromatic carbocycles. The maximum atomic E-state index is 5.19. The normalized spacial score (nSPS) is 11.5. The molecule has 4 nitrogen and oxygen atoms in total. The van der Waals surface area contributed by atoms with Crippen LogP contribution in [-0.4, -0.2) is 19.1 Å². The van der Waals surface area contributed by atoms with Crippen LogP contribution in [0, 0.1) is 0 Å². The number of nitrogens with zero attached hydrogens (tertiary/aromatic N) is 4. The molecule has 0 N–H and O–H groups in total. The van der Waals surface area contributed by atoms with Crippen LogP contribution < -0.4 is 0 Å². The summed E-state index contributed by atoms with van der Waals surface area (Å²) in [6.45, 7) is 4.04. The van der Waals surface area contributed by atoms with E-state index in [1.807, 2.05) is 24.3 Å². The standard InChI is InChI=1S/C48H32N4/c1-2-32-26-27-41-40-22-8-11-25-46(40)52(47(41)28-32)37-19-13-17-35(30-37)43-31-42(49-48(50-43)33-14-4-3-5-15-33)34-16-12-18-36(29-34)51-44-23-9-6-20-38(44)39-21-7-10-24-45(39)51/h2-31H,1H2. The molecule has 0 bridgehead atoms. The monoisotopic (exact) mass is 664 g/mol. The van der Waals surface area contributed by atoms with Crippen LogP contribution in [0.5, 0.6) is 0 Å². The molecule has 0 amide bonds. The highest BCUT2D eigenvalue weighted by Crippen LogP contribution is 2.36. The lowest BCUT2D eigenvalue weighted by Gasteiger charge is -2.13. The second-order valence-electron chi connectivity index (χ2n) is 13.1. The van der Waals surface area contributed by atoms with Gasteiger partial charge in [0.05, 0.1) is 33.5 Å². The molecule has 4 heteroatoms. The van der Waals surface area contributed by atoms with E-state index in [9.17, 15) is 0 Å². The fourth-order valence-electron chi connectivity index (χ4n) is 7.66. The Morgan fingerprint density at radius 2 is 0.846 bits per heavy atom. The van der Waals surface area contributed by atoms with Crippen molar-refractivity contribution in [3.63, 3.8) is 0 Å². The highest BCUT2D eigenvalue weighted by molar-refractivity contribution is 6.10. The smallest absolute Gasteiger partial charge is 0.160 e. The van der Waals surface area contributed by atoms with Crippen LogP contribution in [0.1, 0.15) is 5.56 Å². The highest BCUT2D eigenvalue weighted by Gasteiger charge is 2.17. The summed E-state index contributed by atoms with van der Waals surface area (Å²) in [4.78, 5) is 10.4. The summed E-state index contributed by atoms with van der Waals surface area (Å²) >= 11 is 0. The Hall–Kier alpha value is -7.04. The Kier molecular flexibility index (Phi) is 6.93. The van der Waals surface area contributed by atoms with Gasteiger partial charge in [-0.25, -0.2) is 9.97 Å². The molecule has 52 heavy (non-hydrogen) atoms. The van der Waals surface area contributed by atoms with Crippen molar-refractivity contribution in [2.45, 2.75) is 0 Å². The van der Waals surface area contributed by atoms with Crippen LogP contribution in [0.25, 0.3) is 95.0 Å². The minimum atomic E-state index is 0.688. The van der Waals surface area contributed by atoms with Gasteiger partial charge in [0, 0.05) is 49.6 Å². The number of rotatable bonds is 6. The van der Waals surface area contributed by atoms with Gasteiger partial charge in [0.2, 0.25) is 0 Å². The average Bonchev–Trinajstić information content (AvgIpc) is 3.74. The molecule has 0 aliphatic heterocycles. The van der Waals surface area contributed by atoms with Gasteiger partial charge in [-0.3, -0.25) is 0 Å². The molecule has 0 atom stereocenters. The minimum absolute atomic E-state index is 0.688. The first-order valence-corrected chi connectivity index (χ1v) is 17.5. The molecule has 0 saturated heterocycles. The van der Waals surface area contributed by atoms with Crippen molar-refractivity contribution in [3.8, 4) is 45.3 Å². The lowest BCUT2D eigenvalue weighted by atomic mass is 10.1. The van der Waals surface area contributed by atoms with Gasteiger partial charge in [-0.05, 0) is 60.2 Å². The Bertz CT molecular complexity index is 2930. The molecule has 244 valence electrons. The maximum Gasteiger partial charge on any atom is 0.160 e. The Morgan fingerprint density at radius 3 is 1.38 bits per heavy atom. The fraction of sp³-hybridized carbons (Fsp3) is 0. The number of fused-ring (bicyclic) bond motifs is 6. The number of benzene rings is 7. The second kappa shape index (κ2) is 12.1. The molecule has 0 radical (unpaired) electrons. The summed E-state index contributed by atoms with van der Waals surface area (Å²) in [5.41, 5.74) is 12.6. The zero-order valence-corrected chi connectivity index (χ0v) is 28.3. The van der Waals surface area contributed by atoms with Gasteiger partial charge >= 0.3 is 0 Å². The zero-order chi connectivity index (χ0) is 34.6. The summed E-state index contributed by atoms with van der Waals surface area (Å²) in [6.07, 6.45) is 1.90. The molecule has 3 aromatic heterocycles. The topological polar surface area (TPSA) is 35.6 Å². The molecular formula is C48H32N4. The molecule has 0 saturated carbocycles. The lowest BCUT2D eigenvalue weighted by Crippen LogP contribution is -1.99. The highest BCUT2D eigenvalue weighted by atomic mass is 15.0. The van der Waals surface area contributed by atoms with E-state index in [1.54, 1.807) is 0 Å². The van der Waals surface area contributed by atoms with Crippen molar-refractivity contribution >= 4 is 49.7 Å². The Morgan fingerprint density at radius 1 is 0.385 bits per heavy atom. The van der Waals surface area contributed by atoms with Gasteiger partial charge in [-0.2, -0.15) is 0 Å². The largest absolute Gasteiger partial charge is 0.309 e. The third kappa shape index (κ3) is 4.84. The molecule has 0 fully saturated rings. The molecule has 10 aromatic rings. The van der Waals surface area contributed by atoms with Gasteiger partial charge in [0.1, 0.15) is 0 Å². The van der Waals surface area contributed by atoms with Gasteiger partial charge in [0.25, 0.3) is 0 Å². The lowest BCUT2D eigenvalue weighted by molar-refractivity contribution is 1.16. The van der Waals surface area contributed by atoms with E-state index in [0.717, 1.165) is 56.0 Å². The number of hydrogen-bond donors (Lipinski definition) is 0. The number of hydrogen-bond acceptors (Lipinski definition) is 2. The zero-order valence-electron chi connectivity index (χ0n) is 28.3. The third-order valence-corrected chi connectivity index (χ3v) is 10.1. The summed E-state index contributed by atoms with van der Waals surface area (Å²) < 4.78 is 4.69. The van der Waals surface area contributed by atoms with E-state index in [2.05, 4.69) is 173 Å². The minimum Gasteiger partial charge on any atom is -0.309 e. The van der Waals surface area contributed by atoms with Crippen molar-refractivity contribution in [1.29, 1.82) is 0 Å². The van der Waals surface area contributed by atoms with Crippen LogP contribution >= 0.6 is 0 Å². The van der Waals surface area contributed by atoms with Crippen molar-refractivity contribution in [2.75, 3.05) is 0 Å². The molecule has 0 spiro atoms. The summed E-state index contributed by atoms with van der Waals surface area (Å²) in [5, 5.41) is 4.91. The molecule has 0 aliphatic rings. The Balaban J connectivity index is 1.16. The number of aromatic nitrogens is 4. The fourth-order valence-corrected chi connectivity index (χ4v) is 7.66. The van der Waals surface area contributed by atoms with Gasteiger partial charge < -0.3 is 9.13 Å². The number of para-hydroxylation sites is 3. The van der Waals surface area contributed by atoms with E-state index in [4.69, 9.17) is 9.97 Å². The van der Waals surface area contributed by atoms with Crippen LogP contribution in [-0.2, 0) is 0 Å². The predicted octanol–water partition coefficient (Wildman–Crippen LogP) is 12.3. The first-order chi connectivity index (χ1) is 25.7. The van der Waals surface area contributed by atoms with E-state index >= 15 is 0 Å². The third-order valence-electron chi connectivity index (χ3n) is 10.1. The molecule has 3 heterocycles. The first kappa shape index (κ1) is 29.8. The average molecular weight is 665 g/mol. The summed E-state index contributed by atoms with van der Waals surface area (Å²) in [7, 11) is 0. The van der Waals surface area contributed by atoms with Crippen LogP contribution in [0.3, 0.4) is 0 Å². The summed E-state index contributed by atoms with van der Waals surface area (Å²) in [6, 6.07) is 62.1. The van der Waals surface area contributed by atoms with Crippen LogP contribution in [0.15, 0.2) is 183 Å². The van der Waals surface area contributed by atoms with Crippen molar-refractivity contribution in [1.82, 2.24) is 19.1 Å². The van der Waals surface area contributed by atoms with Crippen LogP contribution in [0.4, 0.5) is 0 Å². The van der Waals surface area contributed by atoms with Crippen molar-refractivity contribution < 1.29 is 0 Å². The van der Waals surface area contributed by atoms with E-state index < -0.39 is 0 Å². The van der Waals surface area contributed by atoms with Gasteiger partial charge in [-0.15, -0.1) is 0 Å². The maximum absolute atomic E-state index is 5.19. The molecular weight excluding hydrogens is 633 g/mol. The van der Waals surface area contributed by atoms with E-state index in [0.29, 0.717) is 5.82 Å². The quantitative estimate of drug-likeness (QED) is 0.177. The van der Waals surface area contributed by atoms with Gasteiger partial charge in [-0.1, -0.05) is 134 Å².